The van der Waals surface area contributed by atoms with Crippen LogP contribution >= 0.6 is 0 Å². The molecule has 1 aromatic heterocycles. The molecule has 3 aliphatic rings. The number of aromatic nitrogens is 1. The molecule has 2 aromatic rings. The number of carbonyl (C=O) groups excluding carboxylic acids is 2. The van der Waals surface area contributed by atoms with Crippen LogP contribution in [0.3, 0.4) is 0 Å². The molecular weight excluding hydrogens is 450 g/mol. The highest BCUT2D eigenvalue weighted by molar-refractivity contribution is 6.02. The largest absolute Gasteiger partial charge is 0.337 e. The molecule has 1 aliphatic carbocycles. The highest BCUT2D eigenvalue weighted by Gasteiger charge is 2.37. The number of nitrogens with zero attached hydrogens (tertiary/aromatic N) is 4. The quantitative estimate of drug-likeness (QED) is 0.626. The van der Waals surface area contributed by atoms with Crippen LogP contribution in [0.5, 0.6) is 0 Å². The maximum Gasteiger partial charge on any atom is 0.270 e. The fraction of sp³-hybridized carbons (Fsp3) is 0.630. The van der Waals surface area contributed by atoms with E-state index < -0.39 is 5.92 Å². The molecule has 190 valence electrons. The second kappa shape index (κ2) is 9.52. The molecule has 3 fully saturated rings. The van der Waals surface area contributed by atoms with Crippen LogP contribution in [0.1, 0.15) is 66.8 Å². The van der Waals surface area contributed by atoms with Crippen LogP contribution in [-0.4, -0.2) is 82.3 Å². The molecule has 2 amide bonds. The van der Waals surface area contributed by atoms with Crippen LogP contribution in [-0.2, 0) is 6.54 Å². The Morgan fingerprint density at radius 1 is 0.943 bits per heavy atom. The SMILES string of the molecule is CC(C)N1CCN(C(=O)c2ccc3c(c2)cc(C(=O)N2CCC(F)(F)CC2)n3CC2CCC2)CC1. The van der Waals surface area contributed by atoms with E-state index in [4.69, 9.17) is 0 Å². The number of benzene rings is 1. The highest BCUT2D eigenvalue weighted by Crippen LogP contribution is 2.33. The zero-order valence-corrected chi connectivity index (χ0v) is 20.8. The van der Waals surface area contributed by atoms with Gasteiger partial charge in [-0.05, 0) is 56.9 Å². The molecule has 0 bridgehead atoms. The number of fused-ring (bicyclic) bond motifs is 1. The Bertz CT molecular complexity index is 1090. The second-order valence-corrected chi connectivity index (χ2v) is 10.8. The first-order valence-corrected chi connectivity index (χ1v) is 13.1. The number of hydrogen-bond donors (Lipinski definition) is 0. The van der Waals surface area contributed by atoms with Crippen molar-refractivity contribution >= 4 is 22.7 Å². The Kier molecular flexibility index (Phi) is 6.59. The molecule has 0 unspecified atom stereocenters. The van der Waals surface area contributed by atoms with Crippen molar-refractivity contribution in [3.8, 4) is 0 Å². The van der Waals surface area contributed by atoms with Gasteiger partial charge in [-0.3, -0.25) is 14.5 Å². The summed E-state index contributed by atoms with van der Waals surface area (Å²) in [6.45, 7) is 8.41. The van der Waals surface area contributed by atoms with Crippen LogP contribution in [0.25, 0.3) is 10.9 Å². The molecule has 0 spiro atoms. The Hall–Kier alpha value is -2.48. The number of amides is 2. The summed E-state index contributed by atoms with van der Waals surface area (Å²) in [6.07, 6.45) is 2.91. The number of piperazine rings is 1. The van der Waals surface area contributed by atoms with Gasteiger partial charge in [0.2, 0.25) is 0 Å². The first-order valence-electron chi connectivity index (χ1n) is 13.1. The second-order valence-electron chi connectivity index (χ2n) is 10.8. The highest BCUT2D eigenvalue weighted by atomic mass is 19.3. The summed E-state index contributed by atoms with van der Waals surface area (Å²) in [4.78, 5) is 32.5. The number of carbonyl (C=O) groups is 2. The lowest BCUT2D eigenvalue weighted by Gasteiger charge is -2.37. The molecule has 5 rings (SSSR count). The molecule has 2 saturated heterocycles. The van der Waals surface area contributed by atoms with Gasteiger partial charge in [0, 0.05) is 81.2 Å². The Morgan fingerprint density at radius 3 is 2.20 bits per heavy atom. The van der Waals surface area contributed by atoms with Crippen molar-refractivity contribution in [1.82, 2.24) is 19.3 Å². The third-order valence-corrected chi connectivity index (χ3v) is 8.15. The molecule has 6 nitrogen and oxygen atoms in total. The Labute approximate surface area is 205 Å². The van der Waals surface area contributed by atoms with Crippen molar-refractivity contribution in [3.05, 3.63) is 35.5 Å². The van der Waals surface area contributed by atoms with E-state index in [-0.39, 0.29) is 37.7 Å². The van der Waals surface area contributed by atoms with Crippen LogP contribution < -0.4 is 0 Å². The number of piperidine rings is 1. The molecular formula is C27H36F2N4O2. The van der Waals surface area contributed by atoms with Gasteiger partial charge in [0.15, 0.2) is 0 Å². The predicted molar refractivity (Wildman–Crippen MR) is 132 cm³/mol. The maximum absolute atomic E-state index is 13.7. The molecule has 2 aliphatic heterocycles. The van der Waals surface area contributed by atoms with Crippen molar-refractivity contribution in [2.75, 3.05) is 39.3 Å². The van der Waals surface area contributed by atoms with Crippen LogP contribution in [0.15, 0.2) is 24.3 Å². The van der Waals surface area contributed by atoms with Gasteiger partial charge in [0.1, 0.15) is 5.69 Å². The summed E-state index contributed by atoms with van der Waals surface area (Å²) in [6, 6.07) is 8.04. The van der Waals surface area contributed by atoms with E-state index in [9.17, 15) is 18.4 Å². The monoisotopic (exact) mass is 486 g/mol. The molecule has 0 radical (unpaired) electrons. The van der Waals surface area contributed by atoms with Crippen molar-refractivity contribution in [1.29, 1.82) is 0 Å². The van der Waals surface area contributed by atoms with Crippen molar-refractivity contribution < 1.29 is 18.4 Å². The lowest BCUT2D eigenvalue weighted by atomic mass is 9.85. The van der Waals surface area contributed by atoms with Crippen molar-refractivity contribution in [2.24, 2.45) is 5.92 Å². The molecule has 8 heteroatoms. The third-order valence-electron chi connectivity index (χ3n) is 8.15. The van der Waals surface area contributed by atoms with Crippen molar-refractivity contribution in [2.45, 2.75) is 64.5 Å². The summed E-state index contributed by atoms with van der Waals surface area (Å²) in [7, 11) is 0. The summed E-state index contributed by atoms with van der Waals surface area (Å²) in [5.74, 6) is -2.32. The maximum atomic E-state index is 13.7. The number of hydrogen-bond acceptors (Lipinski definition) is 3. The van der Waals surface area contributed by atoms with Gasteiger partial charge in [0.25, 0.3) is 17.7 Å². The molecule has 1 aromatic carbocycles. The molecule has 3 heterocycles. The minimum Gasteiger partial charge on any atom is -0.337 e. The fourth-order valence-electron chi connectivity index (χ4n) is 5.53. The minimum absolute atomic E-state index is 0.0215. The van der Waals surface area contributed by atoms with E-state index >= 15 is 0 Å². The average Bonchev–Trinajstić information content (AvgIpc) is 3.18. The van der Waals surface area contributed by atoms with Gasteiger partial charge < -0.3 is 14.4 Å². The minimum atomic E-state index is -2.69. The van der Waals surface area contributed by atoms with Crippen LogP contribution in [0.2, 0.25) is 0 Å². The third kappa shape index (κ3) is 4.95. The molecule has 1 saturated carbocycles. The first-order chi connectivity index (χ1) is 16.7. The predicted octanol–water partition coefficient (Wildman–Crippen LogP) is 4.48. The number of halogens is 2. The topological polar surface area (TPSA) is 48.8 Å². The van der Waals surface area contributed by atoms with Gasteiger partial charge in [-0.2, -0.15) is 0 Å². The van der Waals surface area contributed by atoms with E-state index in [1.807, 2.05) is 29.2 Å². The Balaban J connectivity index is 1.40. The normalized spacial score (nSPS) is 21.5. The lowest BCUT2D eigenvalue weighted by Crippen LogP contribution is -2.50. The van der Waals surface area contributed by atoms with Gasteiger partial charge in [-0.1, -0.05) is 6.42 Å². The van der Waals surface area contributed by atoms with Gasteiger partial charge in [0.05, 0.1) is 0 Å². The first kappa shape index (κ1) is 24.2. The van der Waals surface area contributed by atoms with Gasteiger partial charge >= 0.3 is 0 Å². The van der Waals surface area contributed by atoms with Gasteiger partial charge in [-0.25, -0.2) is 8.78 Å². The lowest BCUT2D eigenvalue weighted by molar-refractivity contribution is -0.0495. The summed E-state index contributed by atoms with van der Waals surface area (Å²) in [5.41, 5.74) is 2.11. The standard InChI is InChI=1S/C27H36F2N4O2/c1-19(2)30-12-14-32(15-13-30)25(34)21-6-7-23-22(16-21)17-24(33(23)18-20-4-3-5-20)26(35)31-10-8-27(28,29)9-11-31/h6-7,16-17,19-20H,3-5,8-15,18H2,1-2H3. The van der Waals surface area contributed by atoms with E-state index in [1.165, 1.54) is 6.42 Å². The Morgan fingerprint density at radius 2 is 1.60 bits per heavy atom. The van der Waals surface area contributed by atoms with Crippen LogP contribution in [0, 0.1) is 5.92 Å². The number of likely N-dealkylation sites (tertiary alicyclic amines) is 1. The zero-order valence-electron chi connectivity index (χ0n) is 20.8. The summed E-state index contributed by atoms with van der Waals surface area (Å²) < 4.78 is 29.4. The molecule has 0 atom stereocenters. The summed E-state index contributed by atoms with van der Waals surface area (Å²) in [5, 5.41) is 0.863. The summed E-state index contributed by atoms with van der Waals surface area (Å²) >= 11 is 0. The number of rotatable bonds is 5. The van der Waals surface area contributed by atoms with E-state index in [0.29, 0.717) is 36.3 Å². The number of alkyl halides is 2. The van der Waals surface area contributed by atoms with Crippen LogP contribution in [0.4, 0.5) is 8.78 Å². The van der Waals surface area contributed by atoms with Crippen molar-refractivity contribution in [3.63, 3.8) is 0 Å². The van der Waals surface area contributed by atoms with E-state index in [1.54, 1.807) is 4.90 Å². The van der Waals surface area contributed by atoms with E-state index in [2.05, 4.69) is 23.3 Å². The fourth-order valence-corrected chi connectivity index (χ4v) is 5.53. The van der Waals surface area contributed by atoms with Gasteiger partial charge in [-0.15, -0.1) is 0 Å². The smallest absolute Gasteiger partial charge is 0.270 e. The zero-order chi connectivity index (χ0) is 24.7. The average molecular weight is 487 g/mol. The van der Waals surface area contributed by atoms with E-state index in [0.717, 1.165) is 43.4 Å². The molecule has 35 heavy (non-hydrogen) atoms. The molecule has 0 N–H and O–H groups in total.